The zero-order chi connectivity index (χ0) is 15.7. The van der Waals surface area contributed by atoms with E-state index in [-0.39, 0.29) is 26.8 Å². The highest BCUT2D eigenvalue weighted by molar-refractivity contribution is 7.89. The Hall–Kier alpha value is -1.11. The van der Waals surface area contributed by atoms with Crippen LogP contribution in [-0.4, -0.2) is 20.9 Å². The first-order valence-electron chi connectivity index (χ1n) is 6.03. The summed E-state index contributed by atoms with van der Waals surface area (Å²) in [5.41, 5.74) is 0.433. The molecule has 5 nitrogen and oxygen atoms in total. The monoisotopic (exact) mass is 318 g/mol. The Bertz CT molecular complexity index is 634. The molecule has 7 heteroatoms. The SMILES string of the molecule is Cc1c(Cl)cc(C(=O)NCC(C)(C)C)cc1S(N)(=O)=O. The van der Waals surface area contributed by atoms with Crippen molar-refractivity contribution in [1.82, 2.24) is 5.32 Å². The average molecular weight is 319 g/mol. The van der Waals surface area contributed by atoms with E-state index in [1.165, 1.54) is 12.1 Å². The van der Waals surface area contributed by atoms with E-state index < -0.39 is 10.0 Å². The van der Waals surface area contributed by atoms with Gasteiger partial charge < -0.3 is 5.32 Å². The van der Waals surface area contributed by atoms with Crippen molar-refractivity contribution in [1.29, 1.82) is 0 Å². The topological polar surface area (TPSA) is 89.3 Å². The third kappa shape index (κ3) is 4.47. The van der Waals surface area contributed by atoms with Gasteiger partial charge in [0.15, 0.2) is 0 Å². The lowest BCUT2D eigenvalue weighted by Gasteiger charge is -2.19. The zero-order valence-corrected chi connectivity index (χ0v) is 13.5. The van der Waals surface area contributed by atoms with Crippen LogP contribution in [0.1, 0.15) is 36.7 Å². The molecule has 0 aliphatic rings. The summed E-state index contributed by atoms with van der Waals surface area (Å²) in [5.74, 6) is -0.383. The standard InChI is InChI=1S/C13H19ClN2O3S/c1-8-10(14)5-9(6-11(8)20(15,18)19)12(17)16-7-13(2,3)4/h5-6H,7H2,1-4H3,(H,16,17)(H2,15,18,19). The van der Waals surface area contributed by atoms with Crippen LogP contribution < -0.4 is 10.5 Å². The first kappa shape index (κ1) is 16.9. The van der Waals surface area contributed by atoms with Crippen LogP contribution in [-0.2, 0) is 10.0 Å². The molecule has 0 aliphatic heterocycles. The highest BCUT2D eigenvalue weighted by Gasteiger charge is 2.19. The molecule has 1 aromatic rings. The summed E-state index contributed by atoms with van der Waals surface area (Å²) in [6.45, 7) is 7.93. The van der Waals surface area contributed by atoms with Gasteiger partial charge in [0.1, 0.15) is 0 Å². The normalized spacial score (nSPS) is 12.3. The Labute approximate surface area is 124 Å². The fraction of sp³-hybridized carbons (Fsp3) is 0.462. The van der Waals surface area contributed by atoms with Gasteiger partial charge in [0.25, 0.3) is 5.91 Å². The molecular formula is C13H19ClN2O3S. The van der Waals surface area contributed by atoms with Crippen LogP contribution in [0.2, 0.25) is 5.02 Å². The van der Waals surface area contributed by atoms with E-state index in [2.05, 4.69) is 5.32 Å². The van der Waals surface area contributed by atoms with E-state index in [1.54, 1.807) is 6.92 Å². The molecule has 1 aromatic carbocycles. The summed E-state index contributed by atoms with van der Waals surface area (Å²) < 4.78 is 23.0. The van der Waals surface area contributed by atoms with Crippen LogP contribution in [0.15, 0.2) is 17.0 Å². The summed E-state index contributed by atoms with van der Waals surface area (Å²) in [6.07, 6.45) is 0. The molecule has 0 fully saturated rings. The molecule has 0 heterocycles. The summed E-state index contributed by atoms with van der Waals surface area (Å²) >= 11 is 5.96. The Kier molecular flexibility index (Phi) is 4.84. The van der Waals surface area contributed by atoms with E-state index in [4.69, 9.17) is 16.7 Å². The number of hydrogen-bond donors (Lipinski definition) is 2. The van der Waals surface area contributed by atoms with Gasteiger partial charge in [-0.2, -0.15) is 0 Å². The molecule has 3 N–H and O–H groups in total. The van der Waals surface area contributed by atoms with Gasteiger partial charge in [-0.1, -0.05) is 32.4 Å². The van der Waals surface area contributed by atoms with Crippen molar-refractivity contribution >= 4 is 27.5 Å². The molecule has 0 spiro atoms. The number of nitrogens with one attached hydrogen (secondary N) is 1. The molecule has 112 valence electrons. The van der Waals surface area contributed by atoms with Crippen molar-refractivity contribution in [3.05, 3.63) is 28.3 Å². The second kappa shape index (κ2) is 5.71. The molecule has 0 unspecified atom stereocenters. The first-order valence-corrected chi connectivity index (χ1v) is 7.95. The molecule has 0 saturated heterocycles. The van der Waals surface area contributed by atoms with Gasteiger partial charge in [-0.05, 0) is 30.0 Å². The van der Waals surface area contributed by atoms with Gasteiger partial charge in [0.05, 0.1) is 4.90 Å². The van der Waals surface area contributed by atoms with Crippen molar-refractivity contribution in [2.75, 3.05) is 6.54 Å². The van der Waals surface area contributed by atoms with Crippen LogP contribution in [0.25, 0.3) is 0 Å². The summed E-state index contributed by atoms with van der Waals surface area (Å²) in [5, 5.41) is 8.04. The highest BCUT2D eigenvalue weighted by Crippen LogP contribution is 2.24. The van der Waals surface area contributed by atoms with Gasteiger partial charge in [0, 0.05) is 17.1 Å². The quantitative estimate of drug-likeness (QED) is 0.894. The van der Waals surface area contributed by atoms with Crippen LogP contribution in [0.5, 0.6) is 0 Å². The van der Waals surface area contributed by atoms with E-state index >= 15 is 0 Å². The van der Waals surface area contributed by atoms with Crippen molar-refractivity contribution in [2.24, 2.45) is 10.6 Å². The fourth-order valence-electron chi connectivity index (χ4n) is 1.53. The van der Waals surface area contributed by atoms with Crippen molar-refractivity contribution in [3.8, 4) is 0 Å². The number of benzene rings is 1. The molecule has 0 aromatic heterocycles. The Morgan fingerprint density at radius 2 is 1.90 bits per heavy atom. The van der Waals surface area contributed by atoms with Crippen molar-refractivity contribution in [3.63, 3.8) is 0 Å². The number of carbonyl (C=O) groups excluding carboxylic acids is 1. The van der Waals surface area contributed by atoms with Crippen molar-refractivity contribution < 1.29 is 13.2 Å². The number of sulfonamides is 1. The Morgan fingerprint density at radius 3 is 2.35 bits per heavy atom. The number of carbonyl (C=O) groups is 1. The number of amides is 1. The first-order chi connectivity index (χ1) is 8.92. The van der Waals surface area contributed by atoms with E-state index in [0.717, 1.165) is 0 Å². The Morgan fingerprint density at radius 1 is 1.35 bits per heavy atom. The van der Waals surface area contributed by atoms with Gasteiger partial charge in [-0.3, -0.25) is 4.79 Å². The largest absolute Gasteiger partial charge is 0.352 e. The third-order valence-electron chi connectivity index (χ3n) is 2.64. The van der Waals surface area contributed by atoms with Gasteiger partial charge >= 0.3 is 0 Å². The predicted molar refractivity (Wildman–Crippen MR) is 79.4 cm³/mol. The van der Waals surface area contributed by atoms with Crippen LogP contribution >= 0.6 is 11.6 Å². The number of hydrogen-bond acceptors (Lipinski definition) is 3. The summed E-state index contributed by atoms with van der Waals surface area (Å²) in [6, 6.07) is 2.68. The molecule has 1 amide bonds. The molecule has 0 atom stereocenters. The van der Waals surface area contributed by atoms with Gasteiger partial charge in [-0.15, -0.1) is 0 Å². The van der Waals surface area contributed by atoms with E-state index in [0.29, 0.717) is 12.1 Å². The minimum atomic E-state index is -3.92. The van der Waals surface area contributed by atoms with Crippen molar-refractivity contribution in [2.45, 2.75) is 32.6 Å². The smallest absolute Gasteiger partial charge is 0.251 e. The number of nitrogens with two attached hydrogens (primary N) is 1. The fourth-order valence-corrected chi connectivity index (χ4v) is 2.63. The molecule has 0 bridgehead atoms. The lowest BCUT2D eigenvalue weighted by Crippen LogP contribution is -2.32. The molecule has 0 saturated carbocycles. The van der Waals surface area contributed by atoms with Crippen LogP contribution in [0.3, 0.4) is 0 Å². The minimum absolute atomic E-state index is 0.0765. The third-order valence-corrected chi connectivity index (χ3v) is 4.07. The maximum atomic E-state index is 12.0. The lowest BCUT2D eigenvalue weighted by atomic mass is 9.97. The molecule has 1 rings (SSSR count). The maximum Gasteiger partial charge on any atom is 0.251 e. The number of primary sulfonamides is 1. The second-order valence-corrected chi connectivity index (χ2v) is 7.81. The van der Waals surface area contributed by atoms with E-state index in [1.807, 2.05) is 20.8 Å². The minimum Gasteiger partial charge on any atom is -0.352 e. The average Bonchev–Trinajstić information content (AvgIpc) is 2.26. The lowest BCUT2D eigenvalue weighted by molar-refractivity contribution is 0.0939. The van der Waals surface area contributed by atoms with Crippen LogP contribution in [0, 0.1) is 12.3 Å². The molecule has 0 radical (unpaired) electrons. The highest BCUT2D eigenvalue weighted by atomic mass is 35.5. The summed E-state index contributed by atoms with van der Waals surface area (Å²) in [4.78, 5) is 11.9. The maximum absolute atomic E-state index is 12.0. The van der Waals surface area contributed by atoms with Gasteiger partial charge in [-0.25, -0.2) is 13.6 Å². The number of halogens is 1. The van der Waals surface area contributed by atoms with E-state index in [9.17, 15) is 13.2 Å². The second-order valence-electron chi connectivity index (χ2n) is 5.87. The van der Waals surface area contributed by atoms with Gasteiger partial charge in [0.2, 0.25) is 10.0 Å². The molecular weight excluding hydrogens is 300 g/mol. The molecule has 20 heavy (non-hydrogen) atoms. The predicted octanol–water partition coefficient (Wildman–Crippen LogP) is 2.07. The zero-order valence-electron chi connectivity index (χ0n) is 12.0. The Balaban J connectivity index is 3.15. The molecule has 0 aliphatic carbocycles. The summed E-state index contributed by atoms with van der Waals surface area (Å²) in [7, 11) is -3.92. The van der Waals surface area contributed by atoms with Crippen LogP contribution in [0.4, 0.5) is 0 Å². The number of rotatable bonds is 3.